The molecule has 0 bridgehead atoms. The van der Waals surface area contributed by atoms with Crippen LogP contribution in [0.15, 0.2) is 72.8 Å². The number of para-hydroxylation sites is 1. The zero-order valence-electron chi connectivity index (χ0n) is 16.6. The first-order chi connectivity index (χ1) is 13.5. The standard InChI is InChI=1S/C23H17FN2O2.3ClH.Mn/c1-14-11-12-15(22(27)13-14)18-7-3-9-20(25-18)21-10-4-8-19(26-21)16-5-2-6-17(24)23(16)28;;;;/h2-13,27-28H,1H3;3*1H;/q;;;;+3/p-3. The van der Waals surface area contributed by atoms with Gasteiger partial charge in [-0.1, -0.05) is 24.3 Å². The topological polar surface area (TPSA) is 66.2 Å². The van der Waals surface area contributed by atoms with E-state index in [2.05, 4.69) is 9.97 Å². The number of nitrogens with zero attached hydrogens (tertiary/aromatic N) is 2. The Labute approximate surface area is 214 Å². The normalized spacial score (nSPS) is 9.44. The molecule has 0 aliphatic rings. The molecule has 0 atom stereocenters. The van der Waals surface area contributed by atoms with Crippen LogP contribution >= 0.6 is 0 Å². The van der Waals surface area contributed by atoms with Crippen LogP contribution in [0.5, 0.6) is 11.5 Å². The van der Waals surface area contributed by atoms with E-state index in [0.29, 0.717) is 33.9 Å². The van der Waals surface area contributed by atoms with Gasteiger partial charge in [-0.15, -0.1) is 0 Å². The van der Waals surface area contributed by atoms with Gasteiger partial charge in [0.25, 0.3) is 0 Å². The van der Waals surface area contributed by atoms with Gasteiger partial charge in [0.15, 0.2) is 11.6 Å². The maximum Gasteiger partial charge on any atom is 3.00 e. The third-order valence-corrected chi connectivity index (χ3v) is 4.45. The van der Waals surface area contributed by atoms with E-state index in [9.17, 15) is 14.6 Å². The van der Waals surface area contributed by atoms with Crippen molar-refractivity contribution in [1.29, 1.82) is 0 Å². The van der Waals surface area contributed by atoms with Gasteiger partial charge < -0.3 is 47.4 Å². The molecule has 32 heavy (non-hydrogen) atoms. The van der Waals surface area contributed by atoms with Gasteiger partial charge in [0.2, 0.25) is 0 Å². The van der Waals surface area contributed by atoms with Gasteiger partial charge in [0, 0.05) is 11.1 Å². The van der Waals surface area contributed by atoms with Crippen LogP contribution in [0.2, 0.25) is 0 Å². The molecule has 0 unspecified atom stereocenters. The van der Waals surface area contributed by atoms with Crippen LogP contribution in [0.1, 0.15) is 5.56 Å². The number of aryl methyl sites for hydroxylation is 1. The Kier molecular flexibility index (Phi) is 11.7. The number of pyridine rings is 2. The number of hydrogen-bond acceptors (Lipinski definition) is 4. The predicted molar refractivity (Wildman–Crippen MR) is 106 cm³/mol. The first kappa shape index (κ1) is 29.7. The van der Waals surface area contributed by atoms with Crippen molar-refractivity contribution in [3.63, 3.8) is 0 Å². The Morgan fingerprint density at radius 1 is 0.656 bits per heavy atom. The Hall–Kier alpha value is -2.34. The molecule has 9 heteroatoms. The molecule has 0 aliphatic heterocycles. The average Bonchev–Trinajstić information content (AvgIpc) is 2.70. The Bertz CT molecular complexity index is 1200. The zero-order chi connectivity index (χ0) is 19.7. The molecule has 0 fully saturated rings. The fourth-order valence-corrected chi connectivity index (χ4v) is 3.04. The van der Waals surface area contributed by atoms with E-state index in [-0.39, 0.29) is 60.0 Å². The second-order valence-corrected chi connectivity index (χ2v) is 6.47. The van der Waals surface area contributed by atoms with E-state index in [1.54, 1.807) is 30.3 Å². The van der Waals surface area contributed by atoms with E-state index in [4.69, 9.17) is 0 Å². The van der Waals surface area contributed by atoms with Gasteiger partial charge in [0.1, 0.15) is 5.75 Å². The number of hydrogen-bond donors (Lipinski definition) is 2. The summed E-state index contributed by atoms with van der Waals surface area (Å²) in [5.41, 5.74) is 4.16. The van der Waals surface area contributed by atoms with E-state index >= 15 is 0 Å². The van der Waals surface area contributed by atoms with Crippen LogP contribution in [0, 0.1) is 12.7 Å². The summed E-state index contributed by atoms with van der Waals surface area (Å²) in [6, 6.07) is 20.5. The van der Waals surface area contributed by atoms with Gasteiger partial charge in [0.05, 0.1) is 22.8 Å². The summed E-state index contributed by atoms with van der Waals surface area (Å²) < 4.78 is 13.7. The molecule has 2 heterocycles. The fraction of sp³-hybridized carbons (Fsp3) is 0.0435. The van der Waals surface area contributed by atoms with Crippen LogP contribution in [0.3, 0.4) is 0 Å². The third-order valence-electron chi connectivity index (χ3n) is 4.45. The largest absolute Gasteiger partial charge is 3.00 e. The van der Waals surface area contributed by atoms with E-state index in [1.807, 2.05) is 37.3 Å². The first-order valence-corrected chi connectivity index (χ1v) is 8.75. The molecule has 166 valence electrons. The predicted octanol–water partition coefficient (Wildman–Crippen LogP) is -3.65. The van der Waals surface area contributed by atoms with Crippen molar-refractivity contribution in [2.24, 2.45) is 0 Å². The minimum atomic E-state index is -0.695. The average molecular weight is 534 g/mol. The number of aromatic nitrogens is 2. The van der Waals surface area contributed by atoms with E-state index in [1.165, 1.54) is 12.1 Å². The second-order valence-electron chi connectivity index (χ2n) is 6.47. The number of phenolic OH excluding ortho intramolecular Hbond substituents is 2. The Balaban J connectivity index is 0.00000240. The summed E-state index contributed by atoms with van der Waals surface area (Å²) in [4.78, 5) is 9.15. The Morgan fingerprint density at radius 3 is 1.72 bits per heavy atom. The van der Waals surface area contributed by atoms with Gasteiger partial charge >= 0.3 is 17.1 Å². The summed E-state index contributed by atoms with van der Waals surface area (Å²) >= 11 is 0. The smallest absolute Gasteiger partial charge is 1.00 e. The molecule has 0 spiro atoms. The minimum absolute atomic E-state index is 0. The van der Waals surface area contributed by atoms with Gasteiger partial charge in [-0.25, -0.2) is 14.4 Å². The summed E-state index contributed by atoms with van der Waals surface area (Å²) in [5.74, 6) is -0.964. The molecule has 2 N–H and O–H groups in total. The summed E-state index contributed by atoms with van der Waals surface area (Å²) in [6.45, 7) is 1.91. The SMILES string of the molecule is Cc1ccc(-c2cccc(-c3cccc(-c4cccc(F)c4O)n3)n2)c(O)c1.[Cl-].[Cl-].[Cl-].[Mn+3]. The fourth-order valence-electron chi connectivity index (χ4n) is 3.04. The summed E-state index contributed by atoms with van der Waals surface area (Å²) in [5, 5.41) is 20.2. The Morgan fingerprint density at radius 2 is 1.16 bits per heavy atom. The first-order valence-electron chi connectivity index (χ1n) is 8.75. The maximum absolute atomic E-state index is 13.7. The van der Waals surface area contributed by atoms with Crippen LogP contribution in [0.25, 0.3) is 33.9 Å². The van der Waals surface area contributed by atoms with Crippen molar-refractivity contribution >= 4 is 0 Å². The van der Waals surface area contributed by atoms with Gasteiger partial charge in [-0.3, -0.25) is 0 Å². The number of phenols is 2. The number of halogens is 4. The molecule has 2 aromatic heterocycles. The third kappa shape index (κ3) is 6.12. The van der Waals surface area contributed by atoms with Crippen LogP contribution in [-0.4, -0.2) is 20.2 Å². The molecule has 4 aromatic rings. The maximum atomic E-state index is 13.7. The van der Waals surface area contributed by atoms with Crippen LogP contribution < -0.4 is 37.2 Å². The zero-order valence-corrected chi connectivity index (χ0v) is 20.1. The summed E-state index contributed by atoms with van der Waals surface area (Å²) in [7, 11) is 0. The van der Waals surface area contributed by atoms with Crippen molar-refractivity contribution in [2.45, 2.75) is 6.92 Å². The molecular formula is C23H17Cl3FMnN2O2. The molecular weight excluding hydrogens is 517 g/mol. The molecule has 4 nitrogen and oxygen atoms in total. The van der Waals surface area contributed by atoms with Crippen LogP contribution in [0.4, 0.5) is 4.39 Å². The minimum Gasteiger partial charge on any atom is -1.00 e. The van der Waals surface area contributed by atoms with Crippen molar-refractivity contribution < 1.29 is 68.9 Å². The molecule has 0 radical (unpaired) electrons. The van der Waals surface area contributed by atoms with Crippen molar-refractivity contribution in [3.05, 3.63) is 84.2 Å². The van der Waals surface area contributed by atoms with Crippen LogP contribution in [-0.2, 0) is 17.1 Å². The summed E-state index contributed by atoms with van der Waals surface area (Å²) in [6.07, 6.45) is 0. The number of rotatable bonds is 3. The van der Waals surface area contributed by atoms with E-state index in [0.717, 1.165) is 5.56 Å². The molecule has 0 amide bonds. The molecule has 0 saturated heterocycles. The second kappa shape index (κ2) is 12.6. The number of benzene rings is 2. The molecule has 4 rings (SSSR count). The van der Waals surface area contributed by atoms with E-state index < -0.39 is 11.6 Å². The van der Waals surface area contributed by atoms with Gasteiger partial charge in [-0.2, -0.15) is 0 Å². The quantitative estimate of drug-likeness (QED) is 0.267. The molecule has 0 saturated carbocycles. The number of aromatic hydroxyl groups is 2. The molecule has 2 aromatic carbocycles. The van der Waals surface area contributed by atoms with Crippen molar-refractivity contribution in [3.8, 4) is 45.4 Å². The monoisotopic (exact) mass is 532 g/mol. The van der Waals surface area contributed by atoms with Crippen molar-refractivity contribution in [1.82, 2.24) is 9.97 Å². The molecule has 0 aliphatic carbocycles. The van der Waals surface area contributed by atoms with Gasteiger partial charge in [-0.05, 0) is 61.0 Å². The van der Waals surface area contributed by atoms with Crippen molar-refractivity contribution in [2.75, 3.05) is 0 Å².